The van der Waals surface area contributed by atoms with Crippen molar-refractivity contribution in [2.75, 3.05) is 19.4 Å². The Morgan fingerprint density at radius 3 is 2.57 bits per heavy atom. The first-order chi connectivity index (χ1) is 13.4. The monoisotopic (exact) mass is 416 g/mol. The highest BCUT2D eigenvalue weighted by molar-refractivity contribution is 8.13. The van der Waals surface area contributed by atoms with Crippen molar-refractivity contribution in [3.05, 3.63) is 60.3 Å². The fourth-order valence-electron chi connectivity index (χ4n) is 2.20. The molecule has 2 amide bonds. The molecule has 0 saturated heterocycles. The molecule has 146 valence electrons. The van der Waals surface area contributed by atoms with Crippen LogP contribution in [0.25, 0.3) is 0 Å². The van der Waals surface area contributed by atoms with E-state index in [0.29, 0.717) is 17.2 Å². The van der Waals surface area contributed by atoms with Gasteiger partial charge in [-0.15, -0.1) is 0 Å². The van der Waals surface area contributed by atoms with Gasteiger partial charge >= 0.3 is 0 Å². The Bertz CT molecular complexity index is 964. The molecule has 0 spiro atoms. The molecule has 2 heterocycles. The van der Waals surface area contributed by atoms with E-state index in [9.17, 15) is 9.59 Å². The Balaban J connectivity index is 1.55. The maximum absolute atomic E-state index is 12.4. The van der Waals surface area contributed by atoms with Crippen LogP contribution in [0.2, 0.25) is 0 Å². The number of nitrogens with one attached hydrogen (secondary N) is 1. The molecule has 0 aliphatic carbocycles. The molecular formula is C19H20N4O3S2. The van der Waals surface area contributed by atoms with Gasteiger partial charge in [-0.3, -0.25) is 9.59 Å². The summed E-state index contributed by atoms with van der Waals surface area (Å²) in [6.45, 7) is 0. The fourth-order valence-corrected chi connectivity index (χ4v) is 3.68. The number of anilines is 1. The maximum atomic E-state index is 12.4. The van der Waals surface area contributed by atoms with E-state index in [2.05, 4.69) is 10.3 Å². The molecule has 1 aromatic carbocycles. The van der Waals surface area contributed by atoms with Gasteiger partial charge in [-0.05, 0) is 48.2 Å². The largest absolute Gasteiger partial charge is 0.455 e. The minimum absolute atomic E-state index is 0.0525. The average Bonchev–Trinajstić information content (AvgIpc) is 3.30. The van der Waals surface area contributed by atoms with Crippen molar-refractivity contribution < 1.29 is 14.0 Å². The van der Waals surface area contributed by atoms with E-state index in [0.717, 1.165) is 21.8 Å². The molecule has 0 radical (unpaired) electrons. The van der Waals surface area contributed by atoms with Gasteiger partial charge in [0.25, 0.3) is 11.1 Å². The second-order valence-corrected chi connectivity index (χ2v) is 8.08. The third-order valence-electron chi connectivity index (χ3n) is 3.69. The SMILES string of the molecule is CN(C)C(=O)Sc1ccc(NC(=O)c2ccc(CSc3nccn3C)o2)cc1. The fraction of sp³-hybridized carbons (Fsp3) is 0.211. The number of carbonyl (C=O) groups is 2. The number of imidazole rings is 1. The van der Waals surface area contributed by atoms with Crippen molar-refractivity contribution in [1.29, 1.82) is 0 Å². The Labute approximate surface area is 171 Å². The van der Waals surface area contributed by atoms with Crippen LogP contribution in [-0.4, -0.2) is 39.7 Å². The third-order valence-corrected chi connectivity index (χ3v) is 5.82. The quantitative estimate of drug-likeness (QED) is 0.603. The predicted molar refractivity (Wildman–Crippen MR) is 111 cm³/mol. The van der Waals surface area contributed by atoms with Gasteiger partial charge in [0, 0.05) is 44.1 Å². The lowest BCUT2D eigenvalue weighted by Crippen LogP contribution is -2.16. The molecule has 3 rings (SSSR count). The third kappa shape index (κ3) is 5.20. The van der Waals surface area contributed by atoms with E-state index in [1.807, 2.05) is 17.8 Å². The number of furan rings is 1. The molecule has 7 nitrogen and oxygen atoms in total. The Morgan fingerprint density at radius 1 is 1.18 bits per heavy atom. The highest BCUT2D eigenvalue weighted by Crippen LogP contribution is 2.24. The highest BCUT2D eigenvalue weighted by atomic mass is 32.2. The summed E-state index contributed by atoms with van der Waals surface area (Å²) in [5.74, 6) is 1.21. The maximum Gasteiger partial charge on any atom is 0.291 e. The van der Waals surface area contributed by atoms with Crippen LogP contribution >= 0.6 is 23.5 Å². The van der Waals surface area contributed by atoms with Gasteiger partial charge in [-0.2, -0.15) is 0 Å². The zero-order chi connectivity index (χ0) is 20.1. The van der Waals surface area contributed by atoms with Gasteiger partial charge < -0.3 is 19.2 Å². The van der Waals surface area contributed by atoms with E-state index in [4.69, 9.17) is 4.42 Å². The highest BCUT2D eigenvalue weighted by Gasteiger charge is 2.13. The molecular weight excluding hydrogens is 396 g/mol. The summed E-state index contributed by atoms with van der Waals surface area (Å²) in [5, 5.41) is 3.62. The summed E-state index contributed by atoms with van der Waals surface area (Å²) in [6.07, 6.45) is 3.62. The van der Waals surface area contributed by atoms with Crippen LogP contribution in [0.3, 0.4) is 0 Å². The number of hydrogen-bond donors (Lipinski definition) is 1. The molecule has 9 heteroatoms. The summed E-state index contributed by atoms with van der Waals surface area (Å²) >= 11 is 2.67. The van der Waals surface area contributed by atoms with E-state index >= 15 is 0 Å². The summed E-state index contributed by atoms with van der Waals surface area (Å²) < 4.78 is 7.56. The van der Waals surface area contributed by atoms with Crippen LogP contribution in [0.4, 0.5) is 10.5 Å². The zero-order valence-electron chi connectivity index (χ0n) is 15.7. The van der Waals surface area contributed by atoms with Crippen LogP contribution in [0.1, 0.15) is 16.3 Å². The van der Waals surface area contributed by atoms with Crippen molar-refractivity contribution in [2.45, 2.75) is 15.8 Å². The number of carbonyl (C=O) groups excluding carboxylic acids is 2. The number of hydrogen-bond acceptors (Lipinski definition) is 6. The number of thioether (sulfide) groups is 2. The van der Waals surface area contributed by atoms with Gasteiger partial charge in [0.15, 0.2) is 10.9 Å². The minimum atomic E-state index is -0.321. The van der Waals surface area contributed by atoms with Crippen molar-refractivity contribution in [3.63, 3.8) is 0 Å². The lowest BCUT2D eigenvalue weighted by molar-refractivity contribution is 0.0995. The lowest BCUT2D eigenvalue weighted by atomic mass is 10.3. The van der Waals surface area contributed by atoms with E-state index in [1.165, 1.54) is 16.7 Å². The van der Waals surface area contributed by atoms with Crippen LogP contribution in [-0.2, 0) is 12.8 Å². The zero-order valence-corrected chi connectivity index (χ0v) is 17.3. The molecule has 0 saturated carbocycles. The second-order valence-electron chi connectivity index (χ2n) is 6.12. The van der Waals surface area contributed by atoms with E-state index in [1.54, 1.807) is 56.7 Å². The molecule has 1 N–H and O–H groups in total. The Morgan fingerprint density at radius 2 is 1.93 bits per heavy atom. The number of aromatic nitrogens is 2. The summed E-state index contributed by atoms with van der Waals surface area (Å²) in [5.41, 5.74) is 0.631. The molecule has 0 fully saturated rings. The van der Waals surface area contributed by atoms with Gasteiger partial charge in [-0.1, -0.05) is 11.8 Å². The van der Waals surface area contributed by atoms with Crippen molar-refractivity contribution >= 4 is 40.4 Å². The average molecular weight is 417 g/mol. The summed E-state index contributed by atoms with van der Waals surface area (Å²) in [4.78, 5) is 30.6. The van der Waals surface area contributed by atoms with Crippen molar-refractivity contribution in [3.8, 4) is 0 Å². The van der Waals surface area contributed by atoms with Crippen LogP contribution in [0, 0.1) is 0 Å². The van der Waals surface area contributed by atoms with Gasteiger partial charge in [0.1, 0.15) is 5.76 Å². The van der Waals surface area contributed by atoms with Crippen molar-refractivity contribution in [2.24, 2.45) is 7.05 Å². The minimum Gasteiger partial charge on any atom is -0.455 e. The van der Waals surface area contributed by atoms with E-state index < -0.39 is 0 Å². The predicted octanol–water partition coefficient (Wildman–Crippen LogP) is 4.33. The van der Waals surface area contributed by atoms with Crippen LogP contribution in [0.5, 0.6) is 0 Å². The standard InChI is InChI=1S/C19H20N4O3S2/c1-22(2)19(25)28-15-7-4-13(5-8-15)21-17(24)16-9-6-14(26-16)12-27-18-20-10-11-23(18)3/h4-11H,12H2,1-3H3,(H,21,24). The first-order valence-corrected chi connectivity index (χ1v) is 10.2. The number of rotatable bonds is 6. The first kappa shape index (κ1) is 20.1. The molecule has 0 bridgehead atoms. The topological polar surface area (TPSA) is 80.4 Å². The molecule has 0 atom stereocenters. The summed E-state index contributed by atoms with van der Waals surface area (Å²) in [7, 11) is 5.34. The van der Waals surface area contributed by atoms with Crippen molar-refractivity contribution in [1.82, 2.24) is 14.5 Å². The first-order valence-electron chi connectivity index (χ1n) is 8.42. The van der Waals surface area contributed by atoms with E-state index in [-0.39, 0.29) is 16.9 Å². The van der Waals surface area contributed by atoms with Gasteiger partial charge in [0.05, 0.1) is 5.75 Å². The smallest absolute Gasteiger partial charge is 0.291 e. The summed E-state index contributed by atoms with van der Waals surface area (Å²) in [6, 6.07) is 10.5. The normalized spacial score (nSPS) is 10.7. The molecule has 0 aliphatic heterocycles. The molecule has 0 unspecified atom stereocenters. The number of nitrogens with zero attached hydrogens (tertiary/aromatic N) is 3. The van der Waals surface area contributed by atoms with Gasteiger partial charge in [0.2, 0.25) is 0 Å². The molecule has 3 aromatic rings. The number of benzene rings is 1. The number of aryl methyl sites for hydroxylation is 1. The van der Waals surface area contributed by atoms with Crippen LogP contribution in [0.15, 0.2) is 63.3 Å². The molecule has 28 heavy (non-hydrogen) atoms. The molecule has 2 aromatic heterocycles. The van der Waals surface area contributed by atoms with Gasteiger partial charge in [-0.25, -0.2) is 4.98 Å². The molecule has 0 aliphatic rings. The Kier molecular flexibility index (Phi) is 6.48. The van der Waals surface area contributed by atoms with Crippen LogP contribution < -0.4 is 5.32 Å². The number of amides is 2. The Hall–Kier alpha value is -2.65. The lowest BCUT2D eigenvalue weighted by Gasteiger charge is -2.09. The second kappa shape index (κ2) is 9.03.